The Bertz CT molecular complexity index is 1440. The molecule has 8 heteroatoms. The van der Waals surface area contributed by atoms with Crippen LogP contribution in [-0.2, 0) is 20.7 Å². The average molecular weight is 576 g/mol. The number of carbonyl (C=O) groups excluding carboxylic acids is 2. The van der Waals surface area contributed by atoms with Crippen molar-refractivity contribution >= 4 is 11.9 Å². The molecule has 0 aliphatic carbocycles. The molecule has 1 aromatic heterocycles. The van der Waals surface area contributed by atoms with Gasteiger partial charge >= 0.3 is 5.97 Å². The third-order valence-corrected chi connectivity index (χ3v) is 7.94. The van der Waals surface area contributed by atoms with Crippen LogP contribution in [0, 0.1) is 19.8 Å². The largest absolute Gasteiger partial charge is 0.469 e. The Morgan fingerprint density at radius 2 is 1.74 bits per heavy atom. The second-order valence-electron chi connectivity index (χ2n) is 11.8. The van der Waals surface area contributed by atoms with E-state index < -0.39 is 24.2 Å². The Balaban J connectivity index is 1.63. The molecule has 0 spiro atoms. The van der Waals surface area contributed by atoms with Gasteiger partial charge in [0.15, 0.2) is 0 Å². The maximum absolute atomic E-state index is 13.9. The first-order valence-corrected chi connectivity index (χ1v) is 14.7. The van der Waals surface area contributed by atoms with Crippen molar-refractivity contribution in [2.24, 2.45) is 5.92 Å². The number of alkyl halides is 1. The molecule has 1 unspecified atom stereocenters. The predicted molar refractivity (Wildman–Crippen MR) is 163 cm³/mol. The highest BCUT2D eigenvalue weighted by Crippen LogP contribution is 2.30. The van der Waals surface area contributed by atoms with Crippen LogP contribution in [-0.4, -0.2) is 54.3 Å². The van der Waals surface area contributed by atoms with Crippen LogP contribution in [0.1, 0.15) is 61.0 Å². The third-order valence-electron chi connectivity index (χ3n) is 7.94. The molecule has 3 aromatic rings. The van der Waals surface area contributed by atoms with E-state index in [4.69, 9.17) is 4.74 Å². The molecule has 2 heterocycles. The molecule has 1 aliphatic rings. The van der Waals surface area contributed by atoms with Gasteiger partial charge in [-0.25, -0.2) is 4.39 Å². The van der Waals surface area contributed by atoms with Gasteiger partial charge in [0.1, 0.15) is 12.2 Å². The number of nitrogens with one attached hydrogen (secondary N) is 1. The summed E-state index contributed by atoms with van der Waals surface area (Å²) in [6.07, 6.45) is 2.03. The zero-order valence-corrected chi connectivity index (χ0v) is 25.2. The number of benzene rings is 2. The lowest BCUT2D eigenvalue weighted by atomic mass is 9.92. The number of methoxy groups -OCH3 is 1. The Morgan fingerprint density at radius 1 is 1.05 bits per heavy atom. The second kappa shape index (κ2) is 13.9. The summed E-state index contributed by atoms with van der Waals surface area (Å²) in [5.41, 5.74) is 5.80. The fraction of sp³-hybridized carbons (Fsp3) is 0.441. The minimum Gasteiger partial charge on any atom is -0.469 e. The Hall–Kier alpha value is -3.78. The Kier molecular flexibility index (Phi) is 10.3. The number of carbonyl (C=O) groups is 2. The number of pyridine rings is 1. The van der Waals surface area contributed by atoms with E-state index >= 15 is 0 Å². The van der Waals surface area contributed by atoms with E-state index in [9.17, 15) is 18.8 Å². The molecule has 2 atom stereocenters. The zero-order valence-electron chi connectivity index (χ0n) is 25.2. The lowest BCUT2D eigenvalue weighted by molar-refractivity contribution is -0.141. The van der Waals surface area contributed by atoms with Gasteiger partial charge in [-0.15, -0.1) is 0 Å². The highest BCUT2D eigenvalue weighted by Gasteiger charge is 2.28. The minimum atomic E-state index is -0.766. The van der Waals surface area contributed by atoms with Crippen molar-refractivity contribution in [2.75, 3.05) is 26.7 Å². The number of hydrogen-bond acceptors (Lipinski definition) is 5. The predicted octanol–water partition coefficient (Wildman–Crippen LogP) is 5.34. The molecule has 4 rings (SSSR count). The van der Waals surface area contributed by atoms with Crippen LogP contribution in [0.5, 0.6) is 0 Å². The van der Waals surface area contributed by atoms with Crippen LogP contribution < -0.4 is 10.9 Å². The number of ether oxygens (including phenoxy) is 1. The van der Waals surface area contributed by atoms with Gasteiger partial charge in [-0.2, -0.15) is 0 Å². The Morgan fingerprint density at radius 3 is 2.38 bits per heavy atom. The smallest absolute Gasteiger partial charge is 0.307 e. The third kappa shape index (κ3) is 7.73. The number of esters is 1. The molecule has 7 nitrogen and oxygen atoms in total. The van der Waals surface area contributed by atoms with Gasteiger partial charge in [0.2, 0.25) is 5.91 Å². The van der Waals surface area contributed by atoms with Crippen molar-refractivity contribution < 1.29 is 18.7 Å². The molecule has 224 valence electrons. The van der Waals surface area contributed by atoms with Crippen LogP contribution >= 0.6 is 0 Å². The zero-order chi connectivity index (χ0) is 30.4. The highest BCUT2D eigenvalue weighted by atomic mass is 19.1. The van der Waals surface area contributed by atoms with Crippen molar-refractivity contribution in [2.45, 2.75) is 65.2 Å². The fourth-order valence-electron chi connectivity index (χ4n) is 5.66. The summed E-state index contributed by atoms with van der Waals surface area (Å²) >= 11 is 0. The van der Waals surface area contributed by atoms with E-state index in [0.717, 1.165) is 33.4 Å². The minimum absolute atomic E-state index is 0.0484. The topological polar surface area (TPSA) is 80.6 Å². The molecule has 1 fully saturated rings. The lowest BCUT2D eigenvalue weighted by Crippen LogP contribution is -2.49. The number of hydrogen-bond donors (Lipinski definition) is 1. The quantitative estimate of drug-likeness (QED) is 0.295. The van der Waals surface area contributed by atoms with Crippen LogP contribution in [0.25, 0.3) is 11.1 Å². The second-order valence-corrected chi connectivity index (χ2v) is 11.8. The van der Waals surface area contributed by atoms with Gasteiger partial charge in [0.25, 0.3) is 5.56 Å². The van der Waals surface area contributed by atoms with Crippen molar-refractivity contribution in [3.63, 3.8) is 0 Å². The number of amides is 1. The molecule has 1 amide bonds. The van der Waals surface area contributed by atoms with Crippen molar-refractivity contribution in [1.29, 1.82) is 0 Å². The van der Waals surface area contributed by atoms with E-state index in [2.05, 4.69) is 31.3 Å². The normalized spacial score (nSPS) is 15.2. The average Bonchev–Trinajstić information content (AvgIpc) is 2.93. The van der Waals surface area contributed by atoms with Crippen molar-refractivity contribution in [1.82, 2.24) is 14.8 Å². The summed E-state index contributed by atoms with van der Waals surface area (Å²) < 4.78 is 19.7. The number of nitrogens with zero attached hydrogens (tertiary/aromatic N) is 2. The number of halogens is 1. The number of rotatable bonds is 12. The van der Waals surface area contributed by atoms with E-state index in [1.54, 1.807) is 12.3 Å². The Labute approximate surface area is 247 Å². The van der Waals surface area contributed by atoms with E-state index in [1.807, 2.05) is 49.1 Å². The van der Waals surface area contributed by atoms with Gasteiger partial charge in [0, 0.05) is 31.9 Å². The molecule has 42 heavy (non-hydrogen) atoms. The highest BCUT2D eigenvalue weighted by molar-refractivity contribution is 5.82. The van der Waals surface area contributed by atoms with Gasteiger partial charge < -0.3 is 14.6 Å². The van der Waals surface area contributed by atoms with Gasteiger partial charge in [0.05, 0.1) is 19.6 Å². The van der Waals surface area contributed by atoms with Crippen LogP contribution in [0.4, 0.5) is 4.39 Å². The van der Waals surface area contributed by atoms with Gasteiger partial charge in [-0.05, 0) is 72.1 Å². The number of aryl methyl sites for hydroxylation is 2. The lowest BCUT2D eigenvalue weighted by Gasteiger charge is -2.34. The van der Waals surface area contributed by atoms with Crippen molar-refractivity contribution in [3.05, 3.63) is 93.4 Å². The van der Waals surface area contributed by atoms with Crippen LogP contribution in [0.15, 0.2) is 65.6 Å². The fourth-order valence-corrected chi connectivity index (χ4v) is 5.66. The summed E-state index contributed by atoms with van der Waals surface area (Å²) in [4.78, 5) is 41.5. The molecule has 2 aromatic carbocycles. The summed E-state index contributed by atoms with van der Waals surface area (Å²) in [5.74, 6) is -0.651. The van der Waals surface area contributed by atoms with Crippen LogP contribution in [0.2, 0.25) is 0 Å². The molecular formula is C34H42FN3O4. The van der Waals surface area contributed by atoms with E-state index in [1.165, 1.54) is 17.7 Å². The maximum atomic E-state index is 13.9. The standard InChI is InChI=1S/C34H42FN3O4/c1-22(2)16-30(38-19-25(12-13-31(38)39)14-15-37-20-28(35)21-37)34(41)36-29(18-32(40)42-5)26-10-7-11-27(17-26)33-23(3)8-6-9-24(33)4/h6-13,17,19,22,28-30H,14-16,18,20-21H2,1-5H3,(H,36,41)/t29-,30?/m0/s1. The summed E-state index contributed by atoms with van der Waals surface area (Å²) in [7, 11) is 1.33. The summed E-state index contributed by atoms with van der Waals surface area (Å²) in [6.45, 7) is 9.70. The first kappa shape index (κ1) is 31.2. The summed E-state index contributed by atoms with van der Waals surface area (Å²) in [5, 5.41) is 3.08. The molecule has 0 bridgehead atoms. The maximum Gasteiger partial charge on any atom is 0.307 e. The molecule has 1 aliphatic heterocycles. The monoisotopic (exact) mass is 575 g/mol. The van der Waals surface area contributed by atoms with E-state index in [-0.39, 0.29) is 23.8 Å². The molecule has 0 saturated carbocycles. The first-order valence-electron chi connectivity index (χ1n) is 14.7. The van der Waals surface area contributed by atoms with Gasteiger partial charge in [-0.3, -0.25) is 19.3 Å². The number of likely N-dealkylation sites (tertiary alicyclic amines) is 1. The van der Waals surface area contributed by atoms with E-state index in [0.29, 0.717) is 32.5 Å². The first-order chi connectivity index (χ1) is 20.0. The van der Waals surface area contributed by atoms with Crippen LogP contribution in [0.3, 0.4) is 0 Å². The molecule has 0 radical (unpaired) electrons. The number of aromatic nitrogens is 1. The van der Waals surface area contributed by atoms with Gasteiger partial charge in [-0.1, -0.05) is 56.3 Å². The SMILES string of the molecule is COC(=O)C[C@H](NC(=O)C(CC(C)C)n1cc(CCN2CC(F)C2)ccc1=O)c1cccc(-c2c(C)cccc2C)c1. The summed E-state index contributed by atoms with van der Waals surface area (Å²) in [6, 6.07) is 15.8. The van der Waals surface area contributed by atoms with Crippen molar-refractivity contribution in [3.8, 4) is 11.1 Å². The molecule has 1 saturated heterocycles. The molecular weight excluding hydrogens is 533 g/mol. The molecule has 1 N–H and O–H groups in total.